The fourth-order valence-electron chi connectivity index (χ4n) is 2.75. The highest BCUT2D eigenvalue weighted by Crippen LogP contribution is 2.33. The van der Waals surface area contributed by atoms with E-state index in [2.05, 4.69) is 38.2 Å². The zero-order valence-corrected chi connectivity index (χ0v) is 14.3. The van der Waals surface area contributed by atoms with Gasteiger partial charge in [0.25, 0.3) is 0 Å². The highest BCUT2D eigenvalue weighted by Gasteiger charge is 2.19. The van der Waals surface area contributed by atoms with Crippen LogP contribution < -0.4 is 10.1 Å². The van der Waals surface area contributed by atoms with Gasteiger partial charge >= 0.3 is 0 Å². The average molecular weight is 310 g/mol. The molecule has 1 N–H and O–H groups in total. The van der Waals surface area contributed by atoms with Crippen LogP contribution in [-0.2, 0) is 5.41 Å². The van der Waals surface area contributed by atoms with Crippen molar-refractivity contribution in [1.82, 2.24) is 5.32 Å². The zero-order chi connectivity index (χ0) is 15.3. The molecule has 0 aromatic heterocycles. The van der Waals surface area contributed by atoms with E-state index in [0.717, 1.165) is 49.2 Å². The Balaban J connectivity index is 1.89. The van der Waals surface area contributed by atoms with E-state index in [1.165, 1.54) is 18.4 Å². The number of hydrogen-bond donors (Lipinski definition) is 1. The van der Waals surface area contributed by atoms with E-state index in [9.17, 15) is 0 Å². The molecule has 21 heavy (non-hydrogen) atoms. The maximum Gasteiger partial charge on any atom is 0.137 e. The van der Waals surface area contributed by atoms with Gasteiger partial charge in [0.05, 0.1) is 11.6 Å². The van der Waals surface area contributed by atoms with Gasteiger partial charge in [0.2, 0.25) is 0 Å². The summed E-state index contributed by atoms with van der Waals surface area (Å²) in [6.07, 6.45) is 4.80. The Labute approximate surface area is 134 Å². The molecule has 2 nitrogen and oxygen atoms in total. The molecular weight excluding hydrogens is 282 g/mol. The summed E-state index contributed by atoms with van der Waals surface area (Å²) in [6, 6.07) is 6.23. The molecule has 1 fully saturated rings. The number of ether oxygens (including phenoxy) is 1. The topological polar surface area (TPSA) is 21.3 Å². The smallest absolute Gasteiger partial charge is 0.137 e. The van der Waals surface area contributed by atoms with Gasteiger partial charge in [0.15, 0.2) is 0 Å². The van der Waals surface area contributed by atoms with Crippen LogP contribution >= 0.6 is 11.6 Å². The molecule has 0 saturated carbocycles. The number of piperidine rings is 1. The van der Waals surface area contributed by atoms with Gasteiger partial charge < -0.3 is 10.1 Å². The lowest BCUT2D eigenvalue weighted by atomic mass is 9.82. The van der Waals surface area contributed by atoms with Crippen molar-refractivity contribution in [3.8, 4) is 5.75 Å². The Morgan fingerprint density at radius 2 is 2.19 bits per heavy atom. The molecule has 1 heterocycles. The van der Waals surface area contributed by atoms with E-state index < -0.39 is 0 Å². The monoisotopic (exact) mass is 309 g/mol. The molecule has 0 aliphatic carbocycles. The van der Waals surface area contributed by atoms with Crippen molar-refractivity contribution in [3.63, 3.8) is 0 Å². The maximum atomic E-state index is 6.38. The van der Waals surface area contributed by atoms with Crippen LogP contribution in [0.25, 0.3) is 0 Å². The number of nitrogens with one attached hydrogen (secondary N) is 1. The van der Waals surface area contributed by atoms with Gasteiger partial charge in [-0.1, -0.05) is 38.4 Å². The van der Waals surface area contributed by atoms with Crippen LogP contribution in [0.2, 0.25) is 5.02 Å². The summed E-state index contributed by atoms with van der Waals surface area (Å²) in [6.45, 7) is 9.74. The Bertz CT molecular complexity index is 453. The van der Waals surface area contributed by atoms with Crippen molar-refractivity contribution in [3.05, 3.63) is 28.8 Å². The molecule has 1 aromatic rings. The fourth-order valence-corrected chi connectivity index (χ4v) is 2.98. The van der Waals surface area contributed by atoms with Crippen LogP contribution in [-0.4, -0.2) is 19.7 Å². The van der Waals surface area contributed by atoms with Gasteiger partial charge in [0, 0.05) is 0 Å². The minimum Gasteiger partial charge on any atom is -0.492 e. The standard InChI is InChI=1S/C18H28ClNO/c1-4-18(2,3)15-7-8-17(16(19)12-15)21-11-9-14-6-5-10-20-13-14/h7-8,12,14,20H,4-6,9-11,13H2,1-3H3/t14-/m1/s1. The first-order chi connectivity index (χ1) is 10.0. The number of halogens is 1. The van der Waals surface area contributed by atoms with Crippen LogP contribution in [0.5, 0.6) is 5.75 Å². The zero-order valence-electron chi connectivity index (χ0n) is 13.5. The van der Waals surface area contributed by atoms with Crippen LogP contribution in [0.15, 0.2) is 18.2 Å². The minimum absolute atomic E-state index is 0.163. The van der Waals surface area contributed by atoms with Crippen LogP contribution in [0.4, 0.5) is 0 Å². The number of hydrogen-bond acceptors (Lipinski definition) is 2. The quantitative estimate of drug-likeness (QED) is 0.815. The van der Waals surface area contributed by atoms with E-state index >= 15 is 0 Å². The first kappa shape index (κ1) is 16.6. The third-order valence-corrected chi connectivity index (χ3v) is 5.08. The fraction of sp³-hybridized carbons (Fsp3) is 0.667. The van der Waals surface area contributed by atoms with Gasteiger partial charge in [0.1, 0.15) is 5.75 Å². The molecule has 0 spiro atoms. The minimum atomic E-state index is 0.163. The molecule has 1 aliphatic heterocycles. The van der Waals surface area contributed by atoms with Crippen molar-refractivity contribution in [2.24, 2.45) is 5.92 Å². The average Bonchev–Trinajstić information content (AvgIpc) is 2.50. The van der Waals surface area contributed by atoms with Crippen molar-refractivity contribution in [2.75, 3.05) is 19.7 Å². The van der Waals surface area contributed by atoms with Gasteiger partial charge in [-0.15, -0.1) is 0 Å². The Hall–Kier alpha value is -0.730. The SMILES string of the molecule is CCC(C)(C)c1ccc(OCC[C@H]2CCCNC2)c(Cl)c1. The lowest BCUT2D eigenvalue weighted by molar-refractivity contribution is 0.254. The van der Waals surface area contributed by atoms with E-state index in [-0.39, 0.29) is 5.41 Å². The highest BCUT2D eigenvalue weighted by atomic mass is 35.5. The van der Waals surface area contributed by atoms with Crippen molar-refractivity contribution in [2.45, 2.75) is 51.9 Å². The van der Waals surface area contributed by atoms with Crippen LogP contribution in [0, 0.1) is 5.92 Å². The van der Waals surface area contributed by atoms with Crippen molar-refractivity contribution < 1.29 is 4.74 Å². The number of benzene rings is 1. The number of rotatable bonds is 6. The third-order valence-electron chi connectivity index (χ3n) is 4.78. The van der Waals surface area contributed by atoms with Gasteiger partial charge in [-0.3, -0.25) is 0 Å². The molecule has 1 saturated heterocycles. The van der Waals surface area contributed by atoms with E-state index in [0.29, 0.717) is 0 Å². The second-order valence-corrected chi connectivity index (χ2v) is 7.14. The second kappa shape index (κ2) is 7.51. The van der Waals surface area contributed by atoms with Crippen molar-refractivity contribution in [1.29, 1.82) is 0 Å². The molecule has 0 bridgehead atoms. The predicted molar refractivity (Wildman–Crippen MR) is 90.5 cm³/mol. The summed E-state index contributed by atoms with van der Waals surface area (Å²) in [4.78, 5) is 0. The third kappa shape index (κ3) is 4.62. The normalized spacial score (nSPS) is 19.5. The molecule has 1 atom stereocenters. The van der Waals surface area contributed by atoms with Crippen LogP contribution in [0.3, 0.4) is 0 Å². The highest BCUT2D eigenvalue weighted by molar-refractivity contribution is 6.32. The lowest BCUT2D eigenvalue weighted by Crippen LogP contribution is -2.30. The summed E-state index contributed by atoms with van der Waals surface area (Å²) < 4.78 is 5.88. The summed E-state index contributed by atoms with van der Waals surface area (Å²) in [5.74, 6) is 1.56. The van der Waals surface area contributed by atoms with E-state index in [4.69, 9.17) is 16.3 Å². The second-order valence-electron chi connectivity index (χ2n) is 6.73. The van der Waals surface area contributed by atoms with Gasteiger partial charge in [-0.25, -0.2) is 0 Å². The van der Waals surface area contributed by atoms with Crippen LogP contribution in [0.1, 0.15) is 52.0 Å². The largest absolute Gasteiger partial charge is 0.492 e. The molecule has 1 aromatic carbocycles. The molecule has 0 amide bonds. The van der Waals surface area contributed by atoms with Gasteiger partial charge in [-0.2, -0.15) is 0 Å². The van der Waals surface area contributed by atoms with Crippen molar-refractivity contribution >= 4 is 11.6 Å². The van der Waals surface area contributed by atoms with E-state index in [1.807, 2.05) is 6.07 Å². The van der Waals surface area contributed by atoms with Gasteiger partial charge in [-0.05, 0) is 67.8 Å². The molecular formula is C18H28ClNO. The Morgan fingerprint density at radius 1 is 1.38 bits per heavy atom. The summed E-state index contributed by atoms with van der Waals surface area (Å²) in [5, 5.41) is 4.18. The Kier molecular flexibility index (Phi) is 5.95. The van der Waals surface area contributed by atoms with E-state index in [1.54, 1.807) is 0 Å². The molecule has 118 valence electrons. The first-order valence-electron chi connectivity index (χ1n) is 8.16. The molecule has 2 rings (SSSR count). The summed E-state index contributed by atoms with van der Waals surface area (Å²) in [5.41, 5.74) is 1.44. The maximum absolute atomic E-state index is 6.38. The molecule has 0 unspecified atom stereocenters. The molecule has 3 heteroatoms. The summed E-state index contributed by atoms with van der Waals surface area (Å²) >= 11 is 6.38. The predicted octanol–water partition coefficient (Wildman–Crippen LogP) is 4.80. The lowest BCUT2D eigenvalue weighted by Gasteiger charge is -2.24. The Morgan fingerprint density at radius 3 is 2.81 bits per heavy atom. The molecule has 1 aliphatic rings. The molecule has 0 radical (unpaired) electrons. The first-order valence-corrected chi connectivity index (χ1v) is 8.54. The summed E-state index contributed by atoms with van der Waals surface area (Å²) in [7, 11) is 0.